The molecule has 0 saturated carbocycles. The maximum atomic E-state index is 11.8. The van der Waals surface area contributed by atoms with Crippen molar-refractivity contribution in [3.63, 3.8) is 0 Å². The molecular formula is C15H25NO3S. The van der Waals surface area contributed by atoms with Crippen LogP contribution in [0.4, 0.5) is 0 Å². The maximum Gasteiger partial charge on any atom is 0.305 e. The Hall–Kier alpha value is -0.710. The summed E-state index contributed by atoms with van der Waals surface area (Å²) in [6.07, 6.45) is 5.30. The summed E-state index contributed by atoms with van der Waals surface area (Å²) in [5, 5.41) is 3.73. The van der Waals surface area contributed by atoms with Gasteiger partial charge in [0.25, 0.3) is 0 Å². The summed E-state index contributed by atoms with van der Waals surface area (Å²) in [5.74, 6) is 2.47. The fourth-order valence-electron chi connectivity index (χ4n) is 3.41. The van der Waals surface area contributed by atoms with Crippen LogP contribution in [0.5, 0.6) is 0 Å². The minimum Gasteiger partial charge on any atom is -0.469 e. The molecule has 0 radical (unpaired) electrons. The van der Waals surface area contributed by atoms with Crippen molar-refractivity contribution >= 4 is 23.6 Å². The van der Waals surface area contributed by atoms with E-state index in [1.54, 1.807) is 0 Å². The Balaban J connectivity index is 1.79. The molecular weight excluding hydrogens is 274 g/mol. The Morgan fingerprint density at radius 3 is 2.95 bits per heavy atom. The number of methoxy groups -OCH3 is 1. The van der Waals surface area contributed by atoms with Gasteiger partial charge in [-0.15, -0.1) is 0 Å². The van der Waals surface area contributed by atoms with Crippen LogP contribution >= 0.6 is 11.8 Å². The van der Waals surface area contributed by atoms with Crippen LogP contribution in [0.15, 0.2) is 0 Å². The summed E-state index contributed by atoms with van der Waals surface area (Å²) >= 11 is 2.00. The quantitative estimate of drug-likeness (QED) is 0.604. The van der Waals surface area contributed by atoms with Crippen molar-refractivity contribution < 1.29 is 14.3 Å². The summed E-state index contributed by atoms with van der Waals surface area (Å²) in [6.45, 7) is 2.19. The fraction of sp³-hybridized carbons (Fsp3) is 0.867. The first-order valence-corrected chi connectivity index (χ1v) is 8.68. The molecule has 2 saturated heterocycles. The zero-order valence-corrected chi connectivity index (χ0v) is 13.2. The number of ether oxygens (including phenoxy) is 1. The predicted molar refractivity (Wildman–Crippen MR) is 80.5 cm³/mol. The molecule has 1 N–H and O–H groups in total. The van der Waals surface area contributed by atoms with Crippen molar-refractivity contribution in [2.75, 3.05) is 12.9 Å². The van der Waals surface area contributed by atoms with E-state index in [1.807, 2.05) is 11.8 Å². The molecule has 2 rings (SSSR count). The van der Waals surface area contributed by atoms with E-state index in [-0.39, 0.29) is 11.9 Å². The Labute approximate surface area is 125 Å². The van der Waals surface area contributed by atoms with Gasteiger partial charge in [0, 0.05) is 24.1 Å². The molecule has 4 unspecified atom stereocenters. The van der Waals surface area contributed by atoms with Gasteiger partial charge in [0.15, 0.2) is 0 Å². The van der Waals surface area contributed by atoms with Gasteiger partial charge in [0.2, 0.25) is 5.91 Å². The van der Waals surface area contributed by atoms with Crippen molar-refractivity contribution in [1.29, 1.82) is 0 Å². The highest BCUT2D eigenvalue weighted by Gasteiger charge is 2.44. The van der Waals surface area contributed by atoms with Crippen LogP contribution in [0, 0.1) is 11.8 Å². The first kappa shape index (κ1) is 15.7. The molecule has 114 valence electrons. The number of esters is 1. The molecule has 2 aliphatic heterocycles. The summed E-state index contributed by atoms with van der Waals surface area (Å²) in [7, 11) is 1.43. The van der Waals surface area contributed by atoms with Gasteiger partial charge < -0.3 is 10.1 Å². The average Bonchev–Trinajstić information content (AvgIpc) is 2.85. The number of hydrogen-bond acceptors (Lipinski definition) is 4. The Morgan fingerprint density at radius 1 is 1.45 bits per heavy atom. The van der Waals surface area contributed by atoms with E-state index in [2.05, 4.69) is 17.0 Å². The molecule has 2 heterocycles. The number of fused-ring (bicyclic) bond motifs is 1. The average molecular weight is 299 g/mol. The molecule has 4 atom stereocenters. The summed E-state index contributed by atoms with van der Waals surface area (Å²) in [5.41, 5.74) is 0. The number of carbonyl (C=O) groups excluding carboxylic acids is 2. The van der Waals surface area contributed by atoms with Crippen molar-refractivity contribution in [2.45, 2.75) is 56.7 Å². The van der Waals surface area contributed by atoms with E-state index in [4.69, 9.17) is 0 Å². The Kier molecular flexibility index (Phi) is 5.75. The van der Waals surface area contributed by atoms with E-state index in [1.165, 1.54) is 12.9 Å². The van der Waals surface area contributed by atoms with E-state index in [9.17, 15) is 9.59 Å². The minimum atomic E-state index is -0.126. The number of nitrogens with one attached hydrogen (secondary N) is 1. The molecule has 0 aromatic rings. The fourth-order valence-corrected chi connectivity index (χ4v) is 5.17. The maximum absolute atomic E-state index is 11.8. The molecule has 1 amide bonds. The summed E-state index contributed by atoms with van der Waals surface area (Å²) in [4.78, 5) is 22.9. The van der Waals surface area contributed by atoms with Gasteiger partial charge in [-0.1, -0.05) is 19.8 Å². The zero-order valence-electron chi connectivity index (χ0n) is 12.4. The number of carbonyl (C=O) groups is 2. The van der Waals surface area contributed by atoms with E-state index < -0.39 is 0 Å². The topological polar surface area (TPSA) is 55.4 Å². The molecule has 0 aromatic carbocycles. The van der Waals surface area contributed by atoms with Gasteiger partial charge >= 0.3 is 5.97 Å². The summed E-state index contributed by atoms with van der Waals surface area (Å²) < 4.78 is 4.65. The smallest absolute Gasteiger partial charge is 0.305 e. The third-order valence-electron chi connectivity index (χ3n) is 4.62. The summed E-state index contributed by atoms with van der Waals surface area (Å²) in [6, 6.07) is 0.351. The normalized spacial score (nSPS) is 32.6. The molecule has 0 bridgehead atoms. The first-order valence-electron chi connectivity index (χ1n) is 7.63. The first-order chi connectivity index (χ1) is 9.65. The van der Waals surface area contributed by atoms with Crippen molar-refractivity contribution in [2.24, 2.45) is 11.8 Å². The number of rotatable bonds is 6. The molecule has 5 heteroatoms. The predicted octanol–water partition coefficient (Wildman–Crippen LogP) is 2.37. The molecule has 2 aliphatic rings. The van der Waals surface area contributed by atoms with E-state index in [0.29, 0.717) is 36.0 Å². The number of hydrogen-bond donors (Lipinski definition) is 1. The van der Waals surface area contributed by atoms with Crippen molar-refractivity contribution in [3.05, 3.63) is 0 Å². The second-order valence-corrected chi connectivity index (χ2v) is 7.10. The molecule has 0 spiro atoms. The van der Waals surface area contributed by atoms with Gasteiger partial charge in [0.1, 0.15) is 0 Å². The Morgan fingerprint density at radius 2 is 2.25 bits per heavy atom. The second-order valence-electron chi connectivity index (χ2n) is 5.82. The van der Waals surface area contributed by atoms with Crippen molar-refractivity contribution in [3.8, 4) is 0 Å². The molecule has 2 fully saturated rings. The molecule has 0 aromatic heterocycles. The molecule has 4 nitrogen and oxygen atoms in total. The third-order valence-corrected chi connectivity index (χ3v) is 6.15. The number of piperidine rings is 1. The van der Waals surface area contributed by atoms with E-state index in [0.717, 1.165) is 25.7 Å². The number of thioether (sulfide) groups is 1. The van der Waals surface area contributed by atoms with Gasteiger partial charge in [-0.25, -0.2) is 0 Å². The van der Waals surface area contributed by atoms with Crippen LogP contribution in [0.3, 0.4) is 0 Å². The van der Waals surface area contributed by atoms with Crippen LogP contribution in [0.25, 0.3) is 0 Å². The third kappa shape index (κ3) is 3.68. The lowest BCUT2D eigenvalue weighted by Crippen LogP contribution is -2.51. The lowest BCUT2D eigenvalue weighted by molar-refractivity contribution is -0.140. The number of amides is 1. The lowest BCUT2D eigenvalue weighted by atomic mass is 9.78. The van der Waals surface area contributed by atoms with Crippen LogP contribution in [0.1, 0.15) is 45.4 Å². The monoisotopic (exact) mass is 299 g/mol. The van der Waals surface area contributed by atoms with Gasteiger partial charge in [-0.05, 0) is 30.4 Å². The SMILES string of the molecule is CCC1CC(=O)NC2C(CCCCC(=O)OC)SCC12. The van der Waals surface area contributed by atoms with Crippen molar-refractivity contribution in [1.82, 2.24) is 5.32 Å². The van der Waals surface area contributed by atoms with E-state index >= 15 is 0 Å². The Bertz CT molecular complexity index is 361. The lowest BCUT2D eigenvalue weighted by Gasteiger charge is -2.35. The van der Waals surface area contributed by atoms with Crippen LogP contribution in [-0.2, 0) is 14.3 Å². The van der Waals surface area contributed by atoms with Gasteiger partial charge in [-0.3, -0.25) is 9.59 Å². The number of unbranched alkanes of at least 4 members (excludes halogenated alkanes) is 1. The van der Waals surface area contributed by atoms with Crippen LogP contribution in [-0.4, -0.2) is 36.0 Å². The zero-order chi connectivity index (χ0) is 14.5. The van der Waals surface area contributed by atoms with Gasteiger partial charge in [0.05, 0.1) is 7.11 Å². The minimum absolute atomic E-state index is 0.126. The molecule has 0 aliphatic carbocycles. The van der Waals surface area contributed by atoms with Crippen LogP contribution in [0.2, 0.25) is 0 Å². The largest absolute Gasteiger partial charge is 0.469 e. The van der Waals surface area contributed by atoms with Gasteiger partial charge in [-0.2, -0.15) is 11.8 Å². The standard InChI is InChI=1S/C15H25NO3S/c1-3-10-8-13(17)16-15-11(10)9-20-12(15)6-4-5-7-14(18)19-2/h10-12,15H,3-9H2,1-2H3,(H,16,17). The van der Waals surface area contributed by atoms with Crippen LogP contribution < -0.4 is 5.32 Å². The highest BCUT2D eigenvalue weighted by molar-refractivity contribution is 8.00. The highest BCUT2D eigenvalue weighted by atomic mass is 32.2. The second kappa shape index (κ2) is 7.34. The highest BCUT2D eigenvalue weighted by Crippen LogP contribution is 2.42. The molecule has 20 heavy (non-hydrogen) atoms.